The van der Waals surface area contributed by atoms with E-state index in [9.17, 15) is 4.79 Å². The average Bonchev–Trinajstić information content (AvgIpc) is 2.39. The second kappa shape index (κ2) is 7.74. The van der Waals surface area contributed by atoms with Crippen molar-refractivity contribution in [2.75, 3.05) is 13.7 Å². The summed E-state index contributed by atoms with van der Waals surface area (Å²) in [6, 6.07) is 0.740. The highest BCUT2D eigenvalue weighted by Crippen LogP contribution is 2.23. The molecule has 1 rings (SSSR count). The highest BCUT2D eigenvalue weighted by Gasteiger charge is 2.26. The van der Waals surface area contributed by atoms with Crippen molar-refractivity contribution in [2.24, 2.45) is 5.73 Å². The van der Waals surface area contributed by atoms with Crippen LogP contribution >= 0.6 is 0 Å². The lowest BCUT2D eigenvalue weighted by Gasteiger charge is -2.35. The topological polar surface area (TPSA) is 55.6 Å². The number of ether oxygens (including phenoxy) is 1. The van der Waals surface area contributed by atoms with Crippen LogP contribution in [-0.4, -0.2) is 42.6 Å². The van der Waals surface area contributed by atoms with Gasteiger partial charge >= 0.3 is 0 Å². The largest absolute Gasteiger partial charge is 0.382 e. The van der Waals surface area contributed by atoms with E-state index in [1.165, 1.54) is 0 Å². The van der Waals surface area contributed by atoms with Gasteiger partial charge in [-0.25, -0.2) is 0 Å². The number of nitrogens with two attached hydrogens (primary N) is 1. The Balaban J connectivity index is 2.42. The molecule has 2 N–H and O–H groups in total. The van der Waals surface area contributed by atoms with Gasteiger partial charge in [-0.05, 0) is 46.0 Å². The summed E-state index contributed by atoms with van der Waals surface area (Å²) in [5, 5.41) is 0. The van der Waals surface area contributed by atoms with Gasteiger partial charge in [0.1, 0.15) is 0 Å². The maximum absolute atomic E-state index is 12.2. The Kier molecular flexibility index (Phi) is 6.65. The van der Waals surface area contributed by atoms with Gasteiger partial charge in [0.05, 0.1) is 6.10 Å². The number of hydrogen-bond acceptors (Lipinski definition) is 3. The molecule has 0 aromatic carbocycles. The van der Waals surface area contributed by atoms with Gasteiger partial charge in [-0.3, -0.25) is 4.79 Å². The molecule has 0 aromatic heterocycles. The van der Waals surface area contributed by atoms with Crippen LogP contribution in [-0.2, 0) is 9.53 Å². The van der Waals surface area contributed by atoms with Crippen LogP contribution in [0, 0.1) is 0 Å². The third-order valence-electron chi connectivity index (χ3n) is 4.01. The Morgan fingerprint density at radius 2 is 2.00 bits per heavy atom. The number of carbonyl (C=O) groups excluding carboxylic acids is 1. The van der Waals surface area contributed by atoms with E-state index in [2.05, 4.69) is 6.92 Å². The molecule has 0 spiro atoms. The highest BCUT2D eigenvalue weighted by molar-refractivity contribution is 5.76. The fourth-order valence-corrected chi connectivity index (χ4v) is 2.64. The summed E-state index contributed by atoms with van der Waals surface area (Å²) in [6.45, 7) is 4.87. The summed E-state index contributed by atoms with van der Waals surface area (Å²) in [7, 11) is 1.69. The zero-order valence-electron chi connectivity index (χ0n) is 12.0. The van der Waals surface area contributed by atoms with Gasteiger partial charge in [0, 0.05) is 32.2 Å². The fraction of sp³-hybridized carbons (Fsp3) is 0.929. The quantitative estimate of drug-likeness (QED) is 0.790. The number of amides is 1. The van der Waals surface area contributed by atoms with E-state index in [0.717, 1.165) is 38.6 Å². The maximum atomic E-state index is 12.2. The van der Waals surface area contributed by atoms with Gasteiger partial charge in [0.25, 0.3) is 0 Å². The molecule has 0 aliphatic heterocycles. The number of nitrogens with zero attached hydrogens (tertiary/aromatic N) is 1. The standard InChI is InChI=1S/C14H28N2O2/c1-4-16(13-8-6-12(15)7-9-13)14(17)10-5-11(2)18-3/h11-13H,4-10,15H2,1-3H3. The first-order valence-electron chi connectivity index (χ1n) is 7.16. The first-order valence-corrected chi connectivity index (χ1v) is 7.16. The van der Waals surface area contributed by atoms with Crippen molar-refractivity contribution in [3.63, 3.8) is 0 Å². The minimum Gasteiger partial charge on any atom is -0.382 e. The van der Waals surface area contributed by atoms with E-state index in [4.69, 9.17) is 10.5 Å². The minimum absolute atomic E-state index is 0.160. The molecule has 0 radical (unpaired) electrons. The predicted octanol–water partition coefficient (Wildman–Crippen LogP) is 1.92. The Morgan fingerprint density at radius 1 is 1.39 bits per heavy atom. The molecule has 1 aliphatic rings. The van der Waals surface area contributed by atoms with E-state index in [1.807, 2.05) is 11.8 Å². The molecular formula is C14H28N2O2. The summed E-state index contributed by atoms with van der Waals surface area (Å²) in [4.78, 5) is 14.3. The Labute approximate surface area is 111 Å². The van der Waals surface area contributed by atoms with Gasteiger partial charge in [-0.2, -0.15) is 0 Å². The number of methoxy groups -OCH3 is 1. The summed E-state index contributed by atoms with van der Waals surface area (Å²) in [5.41, 5.74) is 5.91. The van der Waals surface area contributed by atoms with Crippen LogP contribution in [0.25, 0.3) is 0 Å². The molecule has 1 unspecified atom stereocenters. The lowest BCUT2D eigenvalue weighted by molar-refractivity contribution is -0.134. The molecule has 0 saturated heterocycles. The highest BCUT2D eigenvalue weighted by atomic mass is 16.5. The summed E-state index contributed by atoms with van der Waals surface area (Å²) in [5.74, 6) is 0.266. The minimum atomic E-state index is 0.160. The molecule has 1 atom stereocenters. The van der Waals surface area contributed by atoms with Crippen molar-refractivity contribution >= 4 is 5.91 Å². The van der Waals surface area contributed by atoms with Gasteiger partial charge < -0.3 is 15.4 Å². The van der Waals surface area contributed by atoms with Crippen molar-refractivity contribution < 1.29 is 9.53 Å². The second-order valence-electron chi connectivity index (χ2n) is 5.33. The molecule has 0 aromatic rings. The van der Waals surface area contributed by atoms with Gasteiger partial charge in [0.2, 0.25) is 5.91 Å². The molecule has 1 saturated carbocycles. The van der Waals surface area contributed by atoms with Crippen LogP contribution in [0.4, 0.5) is 0 Å². The lowest BCUT2D eigenvalue weighted by atomic mass is 9.90. The Bertz CT molecular complexity index is 250. The normalized spacial score (nSPS) is 25.8. The van der Waals surface area contributed by atoms with Crippen molar-refractivity contribution in [3.8, 4) is 0 Å². The number of carbonyl (C=O) groups is 1. The van der Waals surface area contributed by atoms with Crippen LogP contribution in [0.15, 0.2) is 0 Å². The molecular weight excluding hydrogens is 228 g/mol. The van der Waals surface area contributed by atoms with Crippen LogP contribution in [0.3, 0.4) is 0 Å². The third kappa shape index (κ3) is 4.58. The van der Waals surface area contributed by atoms with Gasteiger partial charge in [0.15, 0.2) is 0 Å². The molecule has 4 nitrogen and oxygen atoms in total. The first kappa shape index (κ1) is 15.4. The fourth-order valence-electron chi connectivity index (χ4n) is 2.64. The Morgan fingerprint density at radius 3 is 2.50 bits per heavy atom. The van der Waals surface area contributed by atoms with Crippen molar-refractivity contribution in [1.29, 1.82) is 0 Å². The first-order chi connectivity index (χ1) is 8.58. The predicted molar refractivity (Wildman–Crippen MR) is 73.3 cm³/mol. The smallest absolute Gasteiger partial charge is 0.222 e. The van der Waals surface area contributed by atoms with Gasteiger partial charge in [-0.15, -0.1) is 0 Å². The lowest BCUT2D eigenvalue weighted by Crippen LogP contribution is -2.44. The van der Waals surface area contributed by atoms with Crippen molar-refractivity contribution in [2.45, 2.75) is 70.6 Å². The van der Waals surface area contributed by atoms with E-state index in [-0.39, 0.29) is 12.0 Å². The Hall–Kier alpha value is -0.610. The monoisotopic (exact) mass is 256 g/mol. The molecule has 0 heterocycles. The summed E-state index contributed by atoms with van der Waals surface area (Å²) in [6.07, 6.45) is 5.75. The van der Waals surface area contributed by atoms with E-state index >= 15 is 0 Å². The molecule has 18 heavy (non-hydrogen) atoms. The summed E-state index contributed by atoms with van der Waals surface area (Å²) >= 11 is 0. The molecule has 0 bridgehead atoms. The molecule has 106 valence electrons. The summed E-state index contributed by atoms with van der Waals surface area (Å²) < 4.78 is 5.19. The van der Waals surface area contributed by atoms with E-state index < -0.39 is 0 Å². The van der Waals surface area contributed by atoms with Crippen molar-refractivity contribution in [1.82, 2.24) is 4.90 Å². The van der Waals surface area contributed by atoms with E-state index in [1.54, 1.807) is 7.11 Å². The average molecular weight is 256 g/mol. The molecule has 1 fully saturated rings. The molecule has 4 heteroatoms. The van der Waals surface area contributed by atoms with Gasteiger partial charge in [-0.1, -0.05) is 0 Å². The molecule has 1 aliphatic carbocycles. The maximum Gasteiger partial charge on any atom is 0.222 e. The third-order valence-corrected chi connectivity index (χ3v) is 4.01. The molecule has 1 amide bonds. The van der Waals surface area contributed by atoms with Crippen LogP contribution in [0.2, 0.25) is 0 Å². The van der Waals surface area contributed by atoms with Crippen LogP contribution in [0.1, 0.15) is 52.4 Å². The van der Waals surface area contributed by atoms with Crippen LogP contribution < -0.4 is 5.73 Å². The van der Waals surface area contributed by atoms with E-state index in [0.29, 0.717) is 18.5 Å². The number of hydrogen-bond donors (Lipinski definition) is 1. The van der Waals surface area contributed by atoms with Crippen LogP contribution in [0.5, 0.6) is 0 Å². The number of rotatable bonds is 6. The van der Waals surface area contributed by atoms with Crippen molar-refractivity contribution in [3.05, 3.63) is 0 Å². The zero-order valence-corrected chi connectivity index (χ0v) is 12.0. The second-order valence-corrected chi connectivity index (χ2v) is 5.33. The zero-order chi connectivity index (χ0) is 13.5. The SMILES string of the molecule is CCN(C(=O)CCC(C)OC)C1CCC(N)CC1.